The van der Waals surface area contributed by atoms with Crippen LogP contribution in [0.5, 0.6) is 0 Å². The van der Waals surface area contributed by atoms with E-state index in [1.54, 1.807) is 0 Å². The third kappa shape index (κ3) is 9.34. The highest BCUT2D eigenvalue weighted by molar-refractivity contribution is 6.02. The molecule has 0 spiro atoms. The van der Waals surface area contributed by atoms with Gasteiger partial charge in [-0.1, -0.05) is 14.9 Å². The fraction of sp³-hybridized carbons (Fsp3) is 0.600. The number of hydrogen-bond acceptors (Lipinski definition) is 12. The van der Waals surface area contributed by atoms with Crippen LogP contribution >= 0.6 is 0 Å². The topological polar surface area (TPSA) is 180 Å². The van der Waals surface area contributed by atoms with Crippen molar-refractivity contribution in [2.45, 2.75) is 66.2 Å². The van der Waals surface area contributed by atoms with Gasteiger partial charge in [-0.2, -0.15) is 0 Å². The van der Waals surface area contributed by atoms with Crippen molar-refractivity contribution in [3.63, 3.8) is 0 Å². The summed E-state index contributed by atoms with van der Waals surface area (Å²) >= 11 is 0. The van der Waals surface area contributed by atoms with Gasteiger partial charge in [-0.25, -0.2) is 9.59 Å². The summed E-state index contributed by atoms with van der Waals surface area (Å²) in [6.45, 7) is -0.631. The summed E-state index contributed by atoms with van der Waals surface area (Å²) in [5, 5.41) is 0.730. The van der Waals surface area contributed by atoms with E-state index in [-0.39, 0.29) is 66.6 Å². The summed E-state index contributed by atoms with van der Waals surface area (Å²) in [6, 6.07) is 0. The van der Waals surface area contributed by atoms with Crippen molar-refractivity contribution in [3.8, 4) is 0 Å². The first-order valence-corrected chi connectivity index (χ1v) is 9.61. The molecule has 4 amide bonds. The van der Waals surface area contributed by atoms with Crippen molar-refractivity contribution in [3.05, 3.63) is 0 Å². The maximum Gasteiger partial charge on any atom is 0.333 e. The molecule has 2 saturated heterocycles. The quantitative estimate of drug-likeness (QED) is 0.218. The van der Waals surface area contributed by atoms with Gasteiger partial charge in [0.1, 0.15) is 13.2 Å². The number of nitrogens with zero attached hydrogens (tertiary/aromatic N) is 2. The molecule has 0 N–H and O–H groups in total. The van der Waals surface area contributed by atoms with E-state index in [0.717, 1.165) is 0 Å². The Morgan fingerprint density at radius 2 is 0.794 bits per heavy atom. The minimum atomic E-state index is -0.957. The van der Waals surface area contributed by atoms with Crippen LogP contribution in [-0.4, -0.2) is 70.8 Å². The van der Waals surface area contributed by atoms with E-state index in [2.05, 4.69) is 9.68 Å². The molecule has 0 aromatic heterocycles. The van der Waals surface area contributed by atoms with Crippen LogP contribution in [-0.2, 0) is 57.5 Å². The van der Waals surface area contributed by atoms with Crippen LogP contribution in [0.15, 0.2) is 0 Å². The number of esters is 2. The zero-order valence-corrected chi connectivity index (χ0v) is 16.9. The highest BCUT2D eigenvalue weighted by Gasteiger charge is 2.33. The van der Waals surface area contributed by atoms with Crippen molar-refractivity contribution < 1.29 is 57.5 Å². The van der Waals surface area contributed by atoms with Crippen LogP contribution in [0.3, 0.4) is 0 Å². The molecule has 34 heavy (non-hydrogen) atoms. The van der Waals surface area contributed by atoms with E-state index >= 15 is 0 Å². The smallest absolute Gasteiger partial charge is 0.333 e. The Labute approximate surface area is 195 Å². The Balaban J connectivity index is 0.00000544. The maximum absolute atomic E-state index is 11.6. The number of ether oxygens (including phenoxy) is 2. The molecule has 0 bridgehead atoms. The second kappa shape index (κ2) is 14.3. The fourth-order valence-electron chi connectivity index (χ4n) is 2.47. The van der Waals surface area contributed by atoms with E-state index in [1.807, 2.05) is 0 Å². The molecular formula is C20H28N2O12. The van der Waals surface area contributed by atoms with Crippen LogP contribution in [0.1, 0.15) is 66.2 Å². The number of hydroxylamine groups is 4. The zero-order chi connectivity index (χ0) is 23.7. The lowest BCUT2D eigenvalue weighted by molar-refractivity contribution is -0.197. The molecule has 2 rings (SSSR count). The van der Waals surface area contributed by atoms with E-state index in [4.69, 9.17) is 9.47 Å². The number of rotatable bonds is 11. The average molecular weight is 488 g/mol. The molecule has 0 saturated carbocycles. The molecular weight excluding hydrogens is 460 g/mol. The first-order chi connectivity index (χ1) is 15.2. The lowest BCUT2D eigenvalue weighted by Gasteiger charge is -2.12. The summed E-state index contributed by atoms with van der Waals surface area (Å²) in [5.74, 6) is -6.08. The van der Waals surface area contributed by atoms with Gasteiger partial charge in [0, 0.05) is 25.7 Å². The Morgan fingerprint density at radius 1 is 0.529 bits per heavy atom. The van der Waals surface area contributed by atoms with Gasteiger partial charge in [0.25, 0.3) is 23.6 Å². The lowest BCUT2D eigenvalue weighted by atomic mass is 10.3. The predicted octanol–water partition coefficient (Wildman–Crippen LogP) is 0.120. The molecule has 2 fully saturated rings. The van der Waals surface area contributed by atoms with Crippen LogP contribution in [0, 0.1) is 0 Å². The van der Waals surface area contributed by atoms with Crippen molar-refractivity contribution in [1.82, 2.24) is 10.1 Å². The average Bonchev–Trinajstić information content (AvgIpc) is 3.24. The van der Waals surface area contributed by atoms with E-state index in [0.29, 0.717) is 10.1 Å². The molecule has 0 aromatic rings. The van der Waals surface area contributed by atoms with Gasteiger partial charge in [-0.05, 0) is 0 Å². The standard InChI is InChI=1S/C18H20N2O12.2CH4/c21-11-1-2-12(22)19(11)31-17(27)7-5-15(25)29-9-10-30-16(26)6-8-18(28)32-20-13(23)3-4-14(20)24;;/h1-10H2;2*1H4. The van der Waals surface area contributed by atoms with Crippen molar-refractivity contribution >= 4 is 47.5 Å². The molecule has 190 valence electrons. The maximum atomic E-state index is 11.6. The zero-order valence-electron chi connectivity index (χ0n) is 16.9. The largest absolute Gasteiger partial charge is 0.462 e. The Kier molecular flexibility index (Phi) is 12.7. The normalized spacial score (nSPS) is 14.8. The summed E-state index contributed by atoms with van der Waals surface area (Å²) in [5.41, 5.74) is 0. The third-order valence-corrected chi connectivity index (χ3v) is 4.07. The van der Waals surface area contributed by atoms with Gasteiger partial charge in [-0.3, -0.25) is 28.8 Å². The summed E-state index contributed by atoms with van der Waals surface area (Å²) in [4.78, 5) is 101. The van der Waals surface area contributed by atoms with Gasteiger partial charge in [0.15, 0.2) is 0 Å². The van der Waals surface area contributed by atoms with Crippen LogP contribution < -0.4 is 0 Å². The van der Waals surface area contributed by atoms with Crippen molar-refractivity contribution in [2.75, 3.05) is 13.2 Å². The Morgan fingerprint density at radius 3 is 1.09 bits per heavy atom. The Hall–Kier alpha value is -3.84. The molecule has 0 unspecified atom stereocenters. The first-order valence-electron chi connectivity index (χ1n) is 9.61. The predicted molar refractivity (Wildman–Crippen MR) is 108 cm³/mol. The van der Waals surface area contributed by atoms with Gasteiger partial charge >= 0.3 is 23.9 Å². The van der Waals surface area contributed by atoms with Crippen molar-refractivity contribution in [1.29, 1.82) is 0 Å². The van der Waals surface area contributed by atoms with E-state index < -0.39 is 60.3 Å². The fourth-order valence-corrected chi connectivity index (χ4v) is 2.47. The monoisotopic (exact) mass is 488 g/mol. The molecule has 0 aliphatic carbocycles. The molecule has 14 heteroatoms. The lowest BCUT2D eigenvalue weighted by Crippen LogP contribution is -2.32. The van der Waals surface area contributed by atoms with Gasteiger partial charge in [0.2, 0.25) is 0 Å². The van der Waals surface area contributed by atoms with Gasteiger partial charge in [-0.15, -0.1) is 10.1 Å². The molecule has 14 nitrogen and oxygen atoms in total. The molecule has 0 aromatic carbocycles. The number of hydrogen-bond donors (Lipinski definition) is 0. The minimum absolute atomic E-state index is 0. The summed E-state index contributed by atoms with van der Waals surface area (Å²) in [7, 11) is 0. The number of imide groups is 2. The van der Waals surface area contributed by atoms with Crippen LogP contribution in [0.4, 0.5) is 0 Å². The number of carbonyl (C=O) groups is 8. The number of amides is 4. The minimum Gasteiger partial charge on any atom is -0.462 e. The van der Waals surface area contributed by atoms with Crippen molar-refractivity contribution in [2.24, 2.45) is 0 Å². The Bertz CT molecular complexity index is 737. The molecule has 0 atom stereocenters. The molecule has 0 radical (unpaired) electrons. The first kappa shape index (κ1) is 30.2. The highest BCUT2D eigenvalue weighted by Crippen LogP contribution is 2.14. The SMILES string of the molecule is C.C.O=C(CCC(=O)ON1C(=O)CCC1=O)OCCOC(=O)CCC(=O)ON1C(=O)CCC1=O. The summed E-state index contributed by atoms with van der Waals surface area (Å²) < 4.78 is 9.50. The van der Waals surface area contributed by atoms with Crippen LogP contribution in [0.25, 0.3) is 0 Å². The van der Waals surface area contributed by atoms with Crippen LogP contribution in [0.2, 0.25) is 0 Å². The second-order valence-electron chi connectivity index (χ2n) is 6.53. The highest BCUT2D eigenvalue weighted by atomic mass is 16.7. The second-order valence-corrected chi connectivity index (χ2v) is 6.53. The third-order valence-electron chi connectivity index (χ3n) is 4.07. The van der Waals surface area contributed by atoms with Gasteiger partial charge < -0.3 is 19.1 Å². The molecule has 2 aliphatic rings. The van der Waals surface area contributed by atoms with E-state index in [9.17, 15) is 38.4 Å². The summed E-state index contributed by atoms with van der Waals surface area (Å²) in [6.07, 6.45) is -1.83. The number of carbonyl (C=O) groups excluding carboxylic acids is 8. The van der Waals surface area contributed by atoms with Gasteiger partial charge in [0.05, 0.1) is 25.7 Å². The van der Waals surface area contributed by atoms with E-state index in [1.165, 1.54) is 0 Å². The molecule has 2 heterocycles. The molecule has 2 aliphatic heterocycles.